The summed E-state index contributed by atoms with van der Waals surface area (Å²) in [6.45, 7) is 6.83. The van der Waals surface area contributed by atoms with Crippen molar-refractivity contribution in [3.05, 3.63) is 71.8 Å². The fourth-order valence-corrected chi connectivity index (χ4v) is 3.41. The van der Waals surface area contributed by atoms with Crippen LogP contribution in [0, 0.1) is 0 Å². The number of carbonyl (C=O) groups excluding carboxylic acids is 1. The van der Waals surface area contributed by atoms with E-state index in [-0.39, 0.29) is 18.2 Å². The van der Waals surface area contributed by atoms with Gasteiger partial charge in [0.1, 0.15) is 5.60 Å². The SMILES string of the molecule is CC(C)(C)OC(=O)N1C[C@H](OCc2ccccc2)C[C@@H]1Cc1ccccc1. The van der Waals surface area contributed by atoms with E-state index >= 15 is 0 Å². The summed E-state index contributed by atoms with van der Waals surface area (Å²) in [7, 11) is 0. The van der Waals surface area contributed by atoms with E-state index < -0.39 is 5.60 Å². The van der Waals surface area contributed by atoms with Crippen molar-refractivity contribution in [2.24, 2.45) is 0 Å². The molecule has 144 valence electrons. The van der Waals surface area contributed by atoms with Crippen molar-refractivity contribution >= 4 is 6.09 Å². The van der Waals surface area contributed by atoms with Crippen LogP contribution in [0.3, 0.4) is 0 Å². The lowest BCUT2D eigenvalue weighted by Crippen LogP contribution is -2.41. The van der Waals surface area contributed by atoms with Crippen molar-refractivity contribution in [3.63, 3.8) is 0 Å². The summed E-state index contributed by atoms with van der Waals surface area (Å²) in [5.74, 6) is 0. The Morgan fingerprint density at radius 1 is 1.00 bits per heavy atom. The average molecular weight is 367 g/mol. The number of nitrogens with zero attached hydrogens (tertiary/aromatic N) is 1. The number of likely N-dealkylation sites (tertiary alicyclic amines) is 1. The van der Waals surface area contributed by atoms with Crippen LogP contribution >= 0.6 is 0 Å². The molecular weight excluding hydrogens is 338 g/mol. The van der Waals surface area contributed by atoms with Gasteiger partial charge in [0, 0.05) is 6.04 Å². The molecule has 2 aromatic carbocycles. The molecule has 0 N–H and O–H groups in total. The Hall–Kier alpha value is -2.33. The minimum Gasteiger partial charge on any atom is -0.444 e. The van der Waals surface area contributed by atoms with Gasteiger partial charge in [0.2, 0.25) is 0 Å². The van der Waals surface area contributed by atoms with E-state index in [2.05, 4.69) is 24.3 Å². The van der Waals surface area contributed by atoms with Crippen molar-refractivity contribution in [2.45, 2.75) is 58.0 Å². The van der Waals surface area contributed by atoms with E-state index in [1.54, 1.807) is 0 Å². The predicted octanol–water partition coefficient (Wildman–Crippen LogP) is 4.82. The van der Waals surface area contributed by atoms with E-state index in [1.807, 2.05) is 62.1 Å². The molecule has 1 aliphatic rings. The van der Waals surface area contributed by atoms with Gasteiger partial charge in [-0.1, -0.05) is 60.7 Å². The van der Waals surface area contributed by atoms with Crippen LogP contribution in [0.25, 0.3) is 0 Å². The van der Waals surface area contributed by atoms with Gasteiger partial charge in [0.25, 0.3) is 0 Å². The van der Waals surface area contributed by atoms with E-state index in [0.29, 0.717) is 13.2 Å². The Kier molecular flexibility index (Phi) is 6.17. The van der Waals surface area contributed by atoms with Crippen molar-refractivity contribution < 1.29 is 14.3 Å². The average Bonchev–Trinajstić information content (AvgIpc) is 3.03. The van der Waals surface area contributed by atoms with Crippen molar-refractivity contribution in [1.29, 1.82) is 0 Å². The summed E-state index contributed by atoms with van der Waals surface area (Å²) in [5, 5.41) is 0. The van der Waals surface area contributed by atoms with Gasteiger partial charge in [0.15, 0.2) is 0 Å². The first-order chi connectivity index (χ1) is 12.9. The van der Waals surface area contributed by atoms with Crippen molar-refractivity contribution in [3.8, 4) is 0 Å². The van der Waals surface area contributed by atoms with Crippen molar-refractivity contribution in [2.75, 3.05) is 6.54 Å². The Bertz CT molecular complexity index is 724. The first kappa shape index (κ1) is 19.4. The summed E-state index contributed by atoms with van der Waals surface area (Å²) < 4.78 is 11.8. The third-order valence-electron chi connectivity index (χ3n) is 4.65. The molecule has 0 aliphatic carbocycles. The smallest absolute Gasteiger partial charge is 0.410 e. The van der Waals surface area contributed by atoms with Crippen LogP contribution in [0.5, 0.6) is 0 Å². The third-order valence-corrected chi connectivity index (χ3v) is 4.65. The molecule has 0 unspecified atom stereocenters. The number of rotatable bonds is 5. The molecule has 1 heterocycles. The second-order valence-electron chi connectivity index (χ2n) is 8.13. The molecule has 0 bridgehead atoms. The van der Waals surface area contributed by atoms with Crippen LogP contribution in [-0.2, 0) is 22.5 Å². The number of hydrogen-bond donors (Lipinski definition) is 0. The highest BCUT2D eigenvalue weighted by molar-refractivity contribution is 5.69. The van der Waals surface area contributed by atoms with Crippen LogP contribution in [0.15, 0.2) is 60.7 Å². The largest absolute Gasteiger partial charge is 0.444 e. The molecule has 2 aromatic rings. The van der Waals surface area contributed by atoms with E-state index in [0.717, 1.165) is 18.4 Å². The van der Waals surface area contributed by atoms with Crippen molar-refractivity contribution in [1.82, 2.24) is 4.90 Å². The van der Waals surface area contributed by atoms with Gasteiger partial charge in [-0.05, 0) is 44.7 Å². The van der Waals surface area contributed by atoms with Gasteiger partial charge in [-0.15, -0.1) is 0 Å². The second kappa shape index (κ2) is 8.57. The number of ether oxygens (including phenoxy) is 2. The van der Waals surface area contributed by atoms with Gasteiger partial charge in [-0.25, -0.2) is 4.79 Å². The molecule has 1 saturated heterocycles. The van der Waals surface area contributed by atoms with Crippen LogP contribution in [0.2, 0.25) is 0 Å². The quantitative estimate of drug-likeness (QED) is 0.760. The van der Waals surface area contributed by atoms with Crippen LogP contribution in [-0.4, -0.2) is 35.3 Å². The highest BCUT2D eigenvalue weighted by Gasteiger charge is 2.38. The lowest BCUT2D eigenvalue weighted by Gasteiger charge is -2.28. The van der Waals surface area contributed by atoms with Crippen LogP contribution in [0.1, 0.15) is 38.3 Å². The second-order valence-corrected chi connectivity index (χ2v) is 8.13. The Morgan fingerprint density at radius 3 is 2.19 bits per heavy atom. The van der Waals surface area contributed by atoms with Gasteiger partial charge in [0.05, 0.1) is 19.3 Å². The lowest BCUT2D eigenvalue weighted by atomic mass is 10.0. The minimum atomic E-state index is -0.503. The zero-order chi connectivity index (χ0) is 19.3. The lowest BCUT2D eigenvalue weighted by molar-refractivity contribution is 0.0150. The summed E-state index contributed by atoms with van der Waals surface area (Å²) in [6.07, 6.45) is 1.40. The first-order valence-corrected chi connectivity index (χ1v) is 9.60. The number of hydrogen-bond acceptors (Lipinski definition) is 3. The molecule has 1 fully saturated rings. The highest BCUT2D eigenvalue weighted by atomic mass is 16.6. The minimum absolute atomic E-state index is 0.0198. The molecule has 2 atom stereocenters. The van der Waals surface area contributed by atoms with Crippen LogP contribution in [0.4, 0.5) is 4.79 Å². The summed E-state index contributed by atoms with van der Waals surface area (Å²) in [5.41, 5.74) is 1.87. The monoisotopic (exact) mass is 367 g/mol. The zero-order valence-electron chi connectivity index (χ0n) is 16.4. The molecule has 27 heavy (non-hydrogen) atoms. The van der Waals surface area contributed by atoms with Gasteiger partial charge in [-0.2, -0.15) is 0 Å². The topological polar surface area (TPSA) is 38.8 Å². The maximum absolute atomic E-state index is 12.7. The predicted molar refractivity (Wildman–Crippen MR) is 107 cm³/mol. The third kappa shape index (κ3) is 5.83. The summed E-state index contributed by atoms with van der Waals surface area (Å²) >= 11 is 0. The molecule has 0 radical (unpaired) electrons. The zero-order valence-corrected chi connectivity index (χ0v) is 16.4. The van der Waals surface area contributed by atoms with Gasteiger partial charge < -0.3 is 14.4 Å². The number of carbonyl (C=O) groups is 1. The maximum Gasteiger partial charge on any atom is 0.410 e. The molecule has 4 nitrogen and oxygen atoms in total. The molecule has 4 heteroatoms. The molecule has 1 amide bonds. The fourth-order valence-electron chi connectivity index (χ4n) is 3.41. The van der Waals surface area contributed by atoms with E-state index in [9.17, 15) is 4.79 Å². The molecule has 0 aromatic heterocycles. The van der Waals surface area contributed by atoms with E-state index in [1.165, 1.54) is 5.56 Å². The maximum atomic E-state index is 12.7. The number of amides is 1. The number of benzene rings is 2. The van der Waals surface area contributed by atoms with Gasteiger partial charge in [-0.3, -0.25) is 0 Å². The Labute approximate surface area is 162 Å². The highest BCUT2D eigenvalue weighted by Crippen LogP contribution is 2.26. The summed E-state index contributed by atoms with van der Waals surface area (Å²) in [4.78, 5) is 14.6. The molecule has 0 spiro atoms. The Morgan fingerprint density at radius 2 is 1.59 bits per heavy atom. The Balaban J connectivity index is 1.66. The molecule has 1 aliphatic heterocycles. The molecule has 0 saturated carbocycles. The fraction of sp³-hybridized carbons (Fsp3) is 0.435. The molecular formula is C23H29NO3. The van der Waals surface area contributed by atoms with Crippen LogP contribution < -0.4 is 0 Å². The normalized spacial score (nSPS) is 19.9. The standard InChI is InChI=1S/C23H29NO3/c1-23(2,3)27-22(25)24-16-21(26-17-19-12-8-5-9-13-19)15-20(24)14-18-10-6-4-7-11-18/h4-13,20-21H,14-17H2,1-3H3/t20-,21+/m0/s1. The van der Waals surface area contributed by atoms with E-state index in [4.69, 9.17) is 9.47 Å². The van der Waals surface area contributed by atoms with Gasteiger partial charge >= 0.3 is 6.09 Å². The first-order valence-electron chi connectivity index (χ1n) is 9.60. The molecule has 3 rings (SSSR count). The summed E-state index contributed by atoms with van der Waals surface area (Å²) in [6, 6.07) is 20.5.